The Morgan fingerprint density at radius 2 is 1.88 bits per heavy atom. The molecule has 0 bridgehead atoms. The fourth-order valence-electron chi connectivity index (χ4n) is 1.34. The highest BCUT2D eigenvalue weighted by atomic mass is 32.2. The largest absolute Gasteiger partial charge is 0.496 e. The van der Waals surface area contributed by atoms with Gasteiger partial charge in [-0.2, -0.15) is 0 Å². The number of benzene rings is 1. The lowest BCUT2D eigenvalue weighted by Gasteiger charge is -2.14. The zero-order valence-electron chi connectivity index (χ0n) is 9.79. The van der Waals surface area contributed by atoms with Crippen molar-refractivity contribution in [3.8, 4) is 11.5 Å². The van der Waals surface area contributed by atoms with Crippen molar-refractivity contribution >= 4 is 29.0 Å². The minimum atomic E-state index is 0.641. The first kappa shape index (κ1) is 13.1. The van der Waals surface area contributed by atoms with Crippen LogP contribution in [0, 0.1) is 0 Å². The van der Waals surface area contributed by atoms with Crippen LogP contribution in [0.25, 0.3) is 0 Å². The maximum atomic E-state index is 5.31. The lowest BCUT2D eigenvalue weighted by atomic mass is 10.2. The number of rotatable bonds is 4. The van der Waals surface area contributed by atoms with Gasteiger partial charge in [0.1, 0.15) is 16.5 Å². The van der Waals surface area contributed by atoms with Gasteiger partial charge in [-0.25, -0.2) is 0 Å². The minimum Gasteiger partial charge on any atom is -0.496 e. The molecule has 0 saturated heterocycles. The normalized spacial score (nSPS) is 9.75. The molecule has 1 aromatic carbocycles. The fourth-order valence-corrected chi connectivity index (χ4v) is 2.07. The van der Waals surface area contributed by atoms with E-state index in [1.165, 1.54) is 0 Å². The van der Waals surface area contributed by atoms with E-state index in [1.807, 2.05) is 18.4 Å². The number of ether oxygens (including phenoxy) is 2. The van der Waals surface area contributed by atoms with Gasteiger partial charge in [-0.3, -0.25) is 0 Å². The van der Waals surface area contributed by atoms with E-state index in [4.69, 9.17) is 21.7 Å². The second-order valence-electron chi connectivity index (χ2n) is 2.99. The Balaban J connectivity index is 3.31. The molecule has 1 rings (SSSR count). The van der Waals surface area contributed by atoms with Crippen molar-refractivity contribution in [2.45, 2.75) is 4.90 Å². The smallest absolute Gasteiger partial charge is 0.133 e. The second-order valence-corrected chi connectivity index (χ2v) is 4.24. The van der Waals surface area contributed by atoms with Crippen molar-refractivity contribution < 1.29 is 9.47 Å². The zero-order chi connectivity index (χ0) is 12.1. The van der Waals surface area contributed by atoms with E-state index in [-0.39, 0.29) is 0 Å². The monoisotopic (exact) mass is 257 g/mol. The molecule has 0 unspecified atom stereocenters. The number of thiocarbonyl (C=S) groups is 1. The average molecular weight is 257 g/mol. The molecule has 1 aromatic rings. The highest BCUT2D eigenvalue weighted by Crippen LogP contribution is 2.34. The van der Waals surface area contributed by atoms with Crippen LogP contribution in [0.3, 0.4) is 0 Å². The maximum Gasteiger partial charge on any atom is 0.133 e. The molecule has 0 spiro atoms. The van der Waals surface area contributed by atoms with Crippen LogP contribution in [0.15, 0.2) is 17.0 Å². The molecular weight excluding hydrogens is 242 g/mol. The van der Waals surface area contributed by atoms with E-state index >= 15 is 0 Å². The van der Waals surface area contributed by atoms with Gasteiger partial charge in [0, 0.05) is 7.05 Å². The lowest BCUT2D eigenvalue weighted by Crippen LogP contribution is -2.17. The number of thioether (sulfide) groups is 1. The molecule has 0 fully saturated rings. The van der Waals surface area contributed by atoms with E-state index in [2.05, 4.69) is 5.32 Å². The predicted octanol–water partition coefficient (Wildman–Crippen LogP) is 2.32. The van der Waals surface area contributed by atoms with Gasteiger partial charge in [-0.05, 0) is 18.4 Å². The van der Waals surface area contributed by atoms with Crippen LogP contribution >= 0.6 is 24.0 Å². The molecule has 0 aliphatic carbocycles. The average Bonchev–Trinajstić information content (AvgIpc) is 2.35. The standard InChI is InChI=1S/C11H15NO2S2/c1-12-11(15)7-5-9(14-3)10(16-4)6-8(7)13-2/h5-6H,1-4H3,(H,12,15). The van der Waals surface area contributed by atoms with Crippen LogP contribution < -0.4 is 14.8 Å². The molecule has 0 aliphatic heterocycles. The summed E-state index contributed by atoms with van der Waals surface area (Å²) in [6, 6.07) is 3.83. The molecule has 0 radical (unpaired) electrons. The molecule has 5 heteroatoms. The third-order valence-corrected chi connectivity index (χ3v) is 3.36. The molecule has 88 valence electrons. The summed E-state index contributed by atoms with van der Waals surface area (Å²) in [5.74, 6) is 1.56. The van der Waals surface area contributed by atoms with Crippen LogP contribution in [0.1, 0.15) is 5.56 Å². The van der Waals surface area contributed by atoms with Crippen molar-refractivity contribution in [1.82, 2.24) is 5.32 Å². The van der Waals surface area contributed by atoms with Crippen molar-refractivity contribution in [1.29, 1.82) is 0 Å². The predicted molar refractivity (Wildman–Crippen MR) is 72.1 cm³/mol. The number of hydrogen-bond donors (Lipinski definition) is 1. The zero-order valence-corrected chi connectivity index (χ0v) is 11.4. The number of hydrogen-bond acceptors (Lipinski definition) is 4. The summed E-state index contributed by atoms with van der Waals surface area (Å²) < 4.78 is 10.6. The van der Waals surface area contributed by atoms with Gasteiger partial charge in [-0.15, -0.1) is 11.8 Å². The van der Waals surface area contributed by atoms with Gasteiger partial charge in [0.05, 0.1) is 24.7 Å². The van der Waals surface area contributed by atoms with Gasteiger partial charge in [0.15, 0.2) is 0 Å². The second kappa shape index (κ2) is 5.96. The number of nitrogens with one attached hydrogen (secondary N) is 1. The van der Waals surface area contributed by atoms with Crippen molar-refractivity contribution in [2.75, 3.05) is 27.5 Å². The van der Waals surface area contributed by atoms with Gasteiger partial charge in [0.25, 0.3) is 0 Å². The van der Waals surface area contributed by atoms with E-state index in [0.29, 0.717) is 4.99 Å². The molecule has 0 amide bonds. The van der Waals surface area contributed by atoms with E-state index < -0.39 is 0 Å². The van der Waals surface area contributed by atoms with Crippen molar-refractivity contribution in [2.24, 2.45) is 0 Å². The van der Waals surface area contributed by atoms with Gasteiger partial charge in [-0.1, -0.05) is 12.2 Å². The van der Waals surface area contributed by atoms with Crippen LogP contribution in [-0.2, 0) is 0 Å². The molecule has 0 aliphatic rings. The Morgan fingerprint density at radius 3 is 2.31 bits per heavy atom. The third kappa shape index (κ3) is 2.59. The first-order valence-corrected chi connectivity index (χ1v) is 6.33. The molecule has 0 atom stereocenters. The van der Waals surface area contributed by atoms with Crippen molar-refractivity contribution in [3.63, 3.8) is 0 Å². The van der Waals surface area contributed by atoms with E-state index in [1.54, 1.807) is 33.0 Å². The van der Waals surface area contributed by atoms with Crippen LogP contribution in [0.4, 0.5) is 0 Å². The molecule has 3 nitrogen and oxygen atoms in total. The Morgan fingerprint density at radius 1 is 1.25 bits per heavy atom. The van der Waals surface area contributed by atoms with E-state index in [0.717, 1.165) is 22.0 Å². The molecule has 0 heterocycles. The quantitative estimate of drug-likeness (QED) is 0.661. The van der Waals surface area contributed by atoms with Crippen LogP contribution in [0.5, 0.6) is 11.5 Å². The minimum absolute atomic E-state index is 0.641. The first-order valence-electron chi connectivity index (χ1n) is 4.70. The maximum absolute atomic E-state index is 5.31. The topological polar surface area (TPSA) is 30.5 Å². The lowest BCUT2D eigenvalue weighted by molar-refractivity contribution is 0.393. The summed E-state index contributed by atoms with van der Waals surface area (Å²) in [4.78, 5) is 1.67. The Bertz CT molecular complexity index is 394. The van der Waals surface area contributed by atoms with Crippen LogP contribution in [-0.4, -0.2) is 32.5 Å². The number of methoxy groups -OCH3 is 2. The molecule has 1 N–H and O–H groups in total. The molecule has 16 heavy (non-hydrogen) atoms. The Labute approximate surface area is 106 Å². The van der Waals surface area contributed by atoms with Crippen molar-refractivity contribution in [3.05, 3.63) is 17.7 Å². The van der Waals surface area contributed by atoms with Gasteiger partial charge < -0.3 is 14.8 Å². The Kier molecular flexibility index (Phi) is 4.89. The summed E-state index contributed by atoms with van der Waals surface area (Å²) in [7, 11) is 5.07. The van der Waals surface area contributed by atoms with E-state index in [9.17, 15) is 0 Å². The summed E-state index contributed by atoms with van der Waals surface area (Å²) in [5.41, 5.74) is 0.842. The van der Waals surface area contributed by atoms with Gasteiger partial charge in [0.2, 0.25) is 0 Å². The molecule has 0 saturated carbocycles. The summed E-state index contributed by atoms with van der Waals surface area (Å²) in [6.07, 6.45) is 1.99. The molecular formula is C11H15NO2S2. The third-order valence-electron chi connectivity index (χ3n) is 2.18. The summed E-state index contributed by atoms with van der Waals surface area (Å²) in [6.45, 7) is 0. The van der Waals surface area contributed by atoms with Gasteiger partial charge >= 0.3 is 0 Å². The van der Waals surface area contributed by atoms with Crippen LogP contribution in [0.2, 0.25) is 0 Å². The fraction of sp³-hybridized carbons (Fsp3) is 0.364. The highest BCUT2D eigenvalue weighted by molar-refractivity contribution is 7.98. The highest BCUT2D eigenvalue weighted by Gasteiger charge is 2.13. The first-order chi connectivity index (χ1) is 7.67. The molecule has 0 aromatic heterocycles. The summed E-state index contributed by atoms with van der Waals surface area (Å²) >= 11 is 6.82. The Hall–Kier alpha value is -0.940. The summed E-state index contributed by atoms with van der Waals surface area (Å²) in [5, 5.41) is 2.93. The SMILES string of the molecule is CNC(=S)c1cc(OC)c(SC)cc1OC.